The van der Waals surface area contributed by atoms with Crippen LogP contribution in [0.15, 0.2) is 55.1 Å². The van der Waals surface area contributed by atoms with Gasteiger partial charge in [-0.1, -0.05) is 6.07 Å². The molecule has 12 heteroatoms. The highest BCUT2D eigenvalue weighted by Crippen LogP contribution is 2.35. The van der Waals surface area contributed by atoms with Gasteiger partial charge in [-0.2, -0.15) is 5.10 Å². The van der Waals surface area contributed by atoms with Gasteiger partial charge in [-0.25, -0.2) is 28.1 Å². The Labute approximate surface area is 217 Å². The molecule has 0 aliphatic carbocycles. The van der Waals surface area contributed by atoms with Crippen LogP contribution in [0.3, 0.4) is 0 Å². The van der Waals surface area contributed by atoms with E-state index in [2.05, 4.69) is 30.3 Å². The lowest BCUT2D eigenvalue weighted by Crippen LogP contribution is -2.43. The lowest BCUT2D eigenvalue weighted by Gasteiger charge is -2.34. The second kappa shape index (κ2) is 11.1. The van der Waals surface area contributed by atoms with Crippen molar-refractivity contribution in [1.29, 1.82) is 0 Å². The van der Waals surface area contributed by atoms with Crippen molar-refractivity contribution >= 4 is 17.3 Å². The summed E-state index contributed by atoms with van der Waals surface area (Å²) in [5, 5.41) is 7.24. The Hall–Kier alpha value is -4.19. The van der Waals surface area contributed by atoms with E-state index in [9.17, 15) is 13.2 Å². The fourth-order valence-corrected chi connectivity index (χ4v) is 4.54. The number of alkyl halides is 2. The van der Waals surface area contributed by atoms with E-state index in [0.717, 1.165) is 30.6 Å². The molecule has 0 saturated carbocycles. The normalized spacial score (nSPS) is 15.6. The van der Waals surface area contributed by atoms with Gasteiger partial charge in [0.05, 0.1) is 18.9 Å². The number of rotatable bonds is 8. The van der Waals surface area contributed by atoms with Crippen molar-refractivity contribution < 1.29 is 17.9 Å². The van der Waals surface area contributed by atoms with Crippen LogP contribution < -0.4 is 20.7 Å². The van der Waals surface area contributed by atoms with Crippen LogP contribution in [-0.4, -0.2) is 57.4 Å². The van der Waals surface area contributed by atoms with E-state index in [4.69, 9.17) is 10.5 Å². The number of nitrogens with two attached hydrogens (primary N) is 1. The molecule has 0 amide bonds. The number of benzene rings is 1. The van der Waals surface area contributed by atoms with E-state index in [1.807, 2.05) is 6.07 Å². The Bertz CT molecular complexity index is 1410. The quantitative estimate of drug-likeness (QED) is 0.347. The average Bonchev–Trinajstić information content (AvgIpc) is 3.36. The van der Waals surface area contributed by atoms with E-state index >= 15 is 0 Å². The van der Waals surface area contributed by atoms with Crippen LogP contribution in [0, 0.1) is 5.82 Å². The van der Waals surface area contributed by atoms with Gasteiger partial charge in [0.2, 0.25) is 0 Å². The Morgan fingerprint density at radius 1 is 1.18 bits per heavy atom. The van der Waals surface area contributed by atoms with E-state index in [1.165, 1.54) is 24.1 Å². The first-order valence-corrected chi connectivity index (χ1v) is 12.2. The van der Waals surface area contributed by atoms with E-state index in [1.54, 1.807) is 36.8 Å². The highest BCUT2D eigenvalue weighted by Gasteiger charge is 2.22. The van der Waals surface area contributed by atoms with Gasteiger partial charge in [-0.3, -0.25) is 4.68 Å². The third kappa shape index (κ3) is 5.54. The van der Waals surface area contributed by atoms with Crippen molar-refractivity contribution in [2.75, 3.05) is 30.4 Å². The molecule has 38 heavy (non-hydrogen) atoms. The Morgan fingerprint density at radius 2 is 2.05 bits per heavy atom. The first-order chi connectivity index (χ1) is 18.4. The molecular formula is C26H27F3N8O. The minimum atomic E-state index is -2.51. The van der Waals surface area contributed by atoms with E-state index in [0.29, 0.717) is 29.5 Å². The largest absolute Gasteiger partial charge is 0.496 e. The number of methoxy groups -OCH3 is 1. The zero-order valence-corrected chi connectivity index (χ0v) is 20.7. The molecule has 5 rings (SSSR count). The van der Waals surface area contributed by atoms with Gasteiger partial charge in [-0.05, 0) is 31.0 Å². The Kier molecular flexibility index (Phi) is 7.40. The zero-order chi connectivity index (χ0) is 26.6. The van der Waals surface area contributed by atoms with Gasteiger partial charge >= 0.3 is 0 Å². The van der Waals surface area contributed by atoms with Crippen LogP contribution in [0.2, 0.25) is 0 Å². The van der Waals surface area contributed by atoms with Crippen molar-refractivity contribution in [2.24, 2.45) is 5.73 Å². The third-order valence-electron chi connectivity index (χ3n) is 6.28. The van der Waals surface area contributed by atoms with Crippen molar-refractivity contribution in [3.05, 3.63) is 60.9 Å². The van der Waals surface area contributed by atoms with Gasteiger partial charge in [0.25, 0.3) is 6.43 Å². The number of nitrogens with zero attached hydrogens (tertiary/aromatic N) is 6. The standard InChI is InChI=1S/C26H27F3N8O/c1-38-21-6-2-5-19(27)25(21)26-31-8-7-23(35-26)34-24-10-20(36-9-3-4-17(30)14-36)18(12-32-24)16-11-33-37(13-16)15-22(28)29/h2,5-8,10-13,17,22H,3-4,9,14-15,30H2,1H3,(H,31,32,34,35)/t17-/m0/s1. The number of hydrogen-bond donors (Lipinski definition) is 2. The number of ether oxygens (including phenoxy) is 1. The predicted molar refractivity (Wildman–Crippen MR) is 138 cm³/mol. The van der Waals surface area contributed by atoms with Gasteiger partial charge in [0, 0.05) is 60.6 Å². The molecule has 3 N–H and O–H groups in total. The molecule has 0 radical (unpaired) electrons. The third-order valence-corrected chi connectivity index (χ3v) is 6.28. The summed E-state index contributed by atoms with van der Waals surface area (Å²) in [6.45, 7) is 0.951. The first kappa shape index (κ1) is 25.5. The Morgan fingerprint density at radius 3 is 2.84 bits per heavy atom. The van der Waals surface area contributed by atoms with E-state index < -0.39 is 18.8 Å². The topological polar surface area (TPSA) is 107 Å². The number of aromatic nitrogens is 5. The fourth-order valence-electron chi connectivity index (χ4n) is 4.54. The van der Waals surface area contributed by atoms with Crippen LogP contribution in [0.4, 0.5) is 30.5 Å². The van der Waals surface area contributed by atoms with Gasteiger partial charge < -0.3 is 20.7 Å². The number of piperidine rings is 1. The molecule has 4 heterocycles. The highest BCUT2D eigenvalue weighted by atomic mass is 19.3. The SMILES string of the molecule is COc1cccc(F)c1-c1nccc(Nc2cc(N3CCC[C@H](N)C3)c(-c3cnn(CC(F)F)c3)cn2)n1. The lowest BCUT2D eigenvalue weighted by atomic mass is 10.0. The summed E-state index contributed by atoms with van der Waals surface area (Å²) < 4.78 is 46.8. The van der Waals surface area contributed by atoms with Crippen LogP contribution in [0.25, 0.3) is 22.5 Å². The molecule has 1 aromatic carbocycles. The monoisotopic (exact) mass is 524 g/mol. The summed E-state index contributed by atoms with van der Waals surface area (Å²) in [4.78, 5) is 15.4. The molecule has 0 bridgehead atoms. The number of halogens is 3. The van der Waals surface area contributed by atoms with Gasteiger partial charge in [-0.15, -0.1) is 0 Å². The molecule has 4 aromatic rings. The zero-order valence-electron chi connectivity index (χ0n) is 20.7. The molecule has 0 spiro atoms. The second-order valence-corrected chi connectivity index (χ2v) is 8.98. The molecule has 9 nitrogen and oxygen atoms in total. The maximum atomic E-state index is 14.6. The number of hydrogen-bond acceptors (Lipinski definition) is 8. The molecule has 1 atom stereocenters. The average molecular weight is 525 g/mol. The van der Waals surface area contributed by atoms with Gasteiger partial charge in [0.15, 0.2) is 5.82 Å². The lowest BCUT2D eigenvalue weighted by molar-refractivity contribution is 0.122. The van der Waals surface area contributed by atoms with Crippen LogP contribution in [0.5, 0.6) is 5.75 Å². The second-order valence-electron chi connectivity index (χ2n) is 8.98. The minimum Gasteiger partial charge on any atom is -0.496 e. The summed E-state index contributed by atoms with van der Waals surface area (Å²) in [7, 11) is 1.46. The summed E-state index contributed by atoms with van der Waals surface area (Å²) in [6.07, 6.45) is 5.68. The van der Waals surface area contributed by atoms with Crippen LogP contribution in [0.1, 0.15) is 12.8 Å². The summed E-state index contributed by atoms with van der Waals surface area (Å²) >= 11 is 0. The molecule has 1 aliphatic heterocycles. The van der Waals surface area contributed by atoms with Crippen molar-refractivity contribution in [3.8, 4) is 28.3 Å². The van der Waals surface area contributed by atoms with Crippen LogP contribution in [-0.2, 0) is 6.54 Å². The van der Waals surface area contributed by atoms with Crippen LogP contribution >= 0.6 is 0 Å². The number of pyridine rings is 1. The number of nitrogens with one attached hydrogen (secondary N) is 1. The first-order valence-electron chi connectivity index (χ1n) is 12.2. The maximum absolute atomic E-state index is 14.6. The summed E-state index contributed by atoms with van der Waals surface area (Å²) in [6, 6.07) is 8.04. The summed E-state index contributed by atoms with van der Waals surface area (Å²) in [5.74, 6) is 0.885. The molecule has 198 valence electrons. The summed E-state index contributed by atoms with van der Waals surface area (Å²) in [5.41, 5.74) is 8.68. The smallest absolute Gasteiger partial charge is 0.257 e. The highest BCUT2D eigenvalue weighted by molar-refractivity contribution is 5.80. The molecule has 1 saturated heterocycles. The number of anilines is 3. The fraction of sp³-hybridized carbons (Fsp3) is 0.308. The predicted octanol–water partition coefficient (Wildman–Crippen LogP) is 4.49. The minimum absolute atomic E-state index is 0.0166. The van der Waals surface area contributed by atoms with Crippen molar-refractivity contribution in [1.82, 2.24) is 24.7 Å². The van der Waals surface area contributed by atoms with Crippen molar-refractivity contribution in [2.45, 2.75) is 31.9 Å². The molecule has 1 aliphatic rings. The Balaban J connectivity index is 1.48. The van der Waals surface area contributed by atoms with E-state index in [-0.39, 0.29) is 17.4 Å². The molecule has 0 unspecified atom stereocenters. The molecule has 3 aromatic heterocycles. The molecule has 1 fully saturated rings. The molecular weight excluding hydrogens is 497 g/mol. The maximum Gasteiger partial charge on any atom is 0.257 e. The van der Waals surface area contributed by atoms with Crippen molar-refractivity contribution in [3.63, 3.8) is 0 Å². The van der Waals surface area contributed by atoms with Gasteiger partial charge in [0.1, 0.15) is 29.7 Å².